The van der Waals surface area contributed by atoms with E-state index in [-0.39, 0.29) is 23.8 Å². The second-order valence-electron chi connectivity index (χ2n) is 3.76. The van der Waals surface area contributed by atoms with E-state index >= 15 is 0 Å². The van der Waals surface area contributed by atoms with Gasteiger partial charge >= 0.3 is 5.97 Å². The van der Waals surface area contributed by atoms with Crippen molar-refractivity contribution in [2.75, 3.05) is 18.4 Å². The van der Waals surface area contributed by atoms with Crippen LogP contribution in [0.25, 0.3) is 0 Å². The fraction of sp³-hybridized carbons (Fsp3) is 0.333. The third kappa shape index (κ3) is 4.06. The van der Waals surface area contributed by atoms with E-state index < -0.39 is 5.97 Å². The lowest BCUT2D eigenvalue weighted by molar-refractivity contribution is -0.115. The van der Waals surface area contributed by atoms with Crippen LogP contribution in [-0.4, -0.2) is 35.2 Å². The van der Waals surface area contributed by atoms with Gasteiger partial charge in [0.05, 0.1) is 6.54 Å². The summed E-state index contributed by atoms with van der Waals surface area (Å²) < 4.78 is 0. The maximum absolute atomic E-state index is 11.4. The molecule has 0 radical (unpaired) electrons. The first-order valence-corrected chi connectivity index (χ1v) is 5.61. The maximum atomic E-state index is 11.4. The molecule has 6 nitrogen and oxygen atoms in total. The van der Waals surface area contributed by atoms with Gasteiger partial charge in [0.2, 0.25) is 5.91 Å². The molecule has 1 aromatic rings. The SMILES string of the molecule is CCCNCC(=O)Nc1ccc(C(=O)O)c(O)c1. The topological polar surface area (TPSA) is 98.7 Å². The van der Waals surface area contributed by atoms with Crippen molar-refractivity contribution in [3.8, 4) is 5.75 Å². The highest BCUT2D eigenvalue weighted by atomic mass is 16.4. The van der Waals surface area contributed by atoms with Gasteiger partial charge in [-0.05, 0) is 25.1 Å². The summed E-state index contributed by atoms with van der Waals surface area (Å²) in [4.78, 5) is 22.1. The molecule has 1 amide bonds. The van der Waals surface area contributed by atoms with Gasteiger partial charge in [0.25, 0.3) is 0 Å². The Hall–Kier alpha value is -2.08. The number of benzene rings is 1. The lowest BCUT2D eigenvalue weighted by atomic mass is 10.2. The molecule has 0 aromatic heterocycles. The fourth-order valence-electron chi connectivity index (χ4n) is 1.37. The van der Waals surface area contributed by atoms with Crippen molar-refractivity contribution in [3.05, 3.63) is 23.8 Å². The first-order valence-electron chi connectivity index (χ1n) is 5.61. The zero-order chi connectivity index (χ0) is 13.5. The van der Waals surface area contributed by atoms with Crippen LogP contribution in [0.15, 0.2) is 18.2 Å². The smallest absolute Gasteiger partial charge is 0.339 e. The van der Waals surface area contributed by atoms with Crippen LogP contribution < -0.4 is 10.6 Å². The van der Waals surface area contributed by atoms with E-state index in [1.807, 2.05) is 6.92 Å². The summed E-state index contributed by atoms with van der Waals surface area (Å²) in [6.45, 7) is 2.92. The monoisotopic (exact) mass is 252 g/mol. The average molecular weight is 252 g/mol. The molecule has 4 N–H and O–H groups in total. The Labute approximate surface area is 105 Å². The number of amides is 1. The summed E-state index contributed by atoms with van der Waals surface area (Å²) in [6, 6.07) is 3.88. The van der Waals surface area contributed by atoms with E-state index in [0.29, 0.717) is 5.69 Å². The molecule has 0 aliphatic carbocycles. The van der Waals surface area contributed by atoms with Gasteiger partial charge < -0.3 is 20.8 Å². The lowest BCUT2D eigenvalue weighted by Crippen LogP contribution is -2.28. The van der Waals surface area contributed by atoms with Gasteiger partial charge in [0.15, 0.2) is 0 Å². The van der Waals surface area contributed by atoms with E-state index in [0.717, 1.165) is 13.0 Å². The summed E-state index contributed by atoms with van der Waals surface area (Å²) in [6.07, 6.45) is 0.932. The minimum Gasteiger partial charge on any atom is -0.507 e. The third-order valence-electron chi connectivity index (χ3n) is 2.22. The molecular weight excluding hydrogens is 236 g/mol. The molecule has 0 atom stereocenters. The zero-order valence-electron chi connectivity index (χ0n) is 10.1. The molecule has 98 valence electrons. The predicted octanol–water partition coefficient (Wildman–Crippen LogP) is 1.03. The maximum Gasteiger partial charge on any atom is 0.339 e. The molecule has 0 aliphatic heterocycles. The zero-order valence-corrected chi connectivity index (χ0v) is 10.1. The number of anilines is 1. The van der Waals surface area contributed by atoms with Gasteiger partial charge in [-0.2, -0.15) is 0 Å². The van der Waals surface area contributed by atoms with E-state index in [4.69, 9.17) is 5.11 Å². The minimum absolute atomic E-state index is 0.176. The summed E-state index contributed by atoms with van der Waals surface area (Å²) in [5, 5.41) is 23.6. The van der Waals surface area contributed by atoms with Crippen LogP contribution in [0.3, 0.4) is 0 Å². The van der Waals surface area contributed by atoms with Crippen molar-refractivity contribution in [2.24, 2.45) is 0 Å². The Morgan fingerprint density at radius 3 is 2.61 bits per heavy atom. The number of carboxylic acid groups (broad SMARTS) is 1. The number of aromatic carboxylic acids is 1. The molecule has 0 saturated heterocycles. The first-order chi connectivity index (χ1) is 8.54. The minimum atomic E-state index is -1.21. The Morgan fingerprint density at radius 1 is 1.33 bits per heavy atom. The fourth-order valence-corrected chi connectivity index (χ4v) is 1.37. The van der Waals surface area contributed by atoms with E-state index in [9.17, 15) is 14.7 Å². The molecule has 18 heavy (non-hydrogen) atoms. The van der Waals surface area contributed by atoms with E-state index in [1.165, 1.54) is 18.2 Å². The molecular formula is C12H16N2O4. The molecule has 0 fully saturated rings. The molecule has 0 bridgehead atoms. The number of phenols is 1. The van der Waals surface area contributed by atoms with Crippen molar-refractivity contribution >= 4 is 17.6 Å². The first kappa shape index (κ1) is 14.0. The Balaban J connectivity index is 2.60. The van der Waals surface area contributed by atoms with Crippen molar-refractivity contribution in [1.82, 2.24) is 5.32 Å². The van der Waals surface area contributed by atoms with E-state index in [1.54, 1.807) is 0 Å². The Morgan fingerprint density at radius 2 is 2.06 bits per heavy atom. The van der Waals surface area contributed by atoms with Crippen molar-refractivity contribution in [3.63, 3.8) is 0 Å². The highest BCUT2D eigenvalue weighted by Crippen LogP contribution is 2.21. The van der Waals surface area contributed by atoms with E-state index in [2.05, 4.69) is 10.6 Å². The van der Waals surface area contributed by atoms with Crippen molar-refractivity contribution in [1.29, 1.82) is 0 Å². The average Bonchev–Trinajstić information content (AvgIpc) is 2.28. The number of carbonyl (C=O) groups is 2. The molecule has 1 rings (SSSR count). The third-order valence-corrected chi connectivity index (χ3v) is 2.22. The van der Waals surface area contributed by atoms with Crippen LogP contribution in [0.2, 0.25) is 0 Å². The molecule has 0 aliphatic rings. The summed E-state index contributed by atoms with van der Waals surface area (Å²) >= 11 is 0. The molecule has 1 aromatic carbocycles. The van der Waals surface area contributed by atoms with Gasteiger partial charge in [-0.25, -0.2) is 4.79 Å². The van der Waals surface area contributed by atoms with Crippen LogP contribution >= 0.6 is 0 Å². The number of hydrogen-bond donors (Lipinski definition) is 4. The van der Waals surface area contributed by atoms with Crippen molar-refractivity contribution < 1.29 is 19.8 Å². The number of rotatable bonds is 6. The molecule has 0 saturated carbocycles. The molecule has 0 spiro atoms. The Bertz CT molecular complexity index is 446. The standard InChI is InChI=1S/C12H16N2O4/c1-2-5-13-7-11(16)14-8-3-4-9(12(17)18)10(15)6-8/h3-4,6,13,15H,2,5,7H2,1H3,(H,14,16)(H,17,18). The van der Waals surface area contributed by atoms with Crippen LogP contribution in [-0.2, 0) is 4.79 Å². The predicted molar refractivity (Wildman–Crippen MR) is 66.9 cm³/mol. The molecule has 0 heterocycles. The highest BCUT2D eigenvalue weighted by molar-refractivity contribution is 5.95. The van der Waals surface area contributed by atoms with Crippen LogP contribution in [0.1, 0.15) is 23.7 Å². The van der Waals surface area contributed by atoms with Crippen LogP contribution in [0.4, 0.5) is 5.69 Å². The van der Waals surface area contributed by atoms with Gasteiger partial charge in [-0.1, -0.05) is 6.92 Å². The highest BCUT2D eigenvalue weighted by Gasteiger charge is 2.10. The second kappa shape index (κ2) is 6.61. The lowest BCUT2D eigenvalue weighted by Gasteiger charge is -2.07. The Kier molecular flexibility index (Phi) is 5.13. The largest absolute Gasteiger partial charge is 0.507 e. The second-order valence-corrected chi connectivity index (χ2v) is 3.76. The summed E-state index contributed by atoms with van der Waals surface area (Å²) in [5.74, 6) is -1.83. The van der Waals surface area contributed by atoms with Crippen LogP contribution in [0.5, 0.6) is 5.75 Å². The van der Waals surface area contributed by atoms with Gasteiger partial charge in [-0.3, -0.25) is 4.79 Å². The molecule has 6 heteroatoms. The van der Waals surface area contributed by atoms with Crippen molar-refractivity contribution in [2.45, 2.75) is 13.3 Å². The quantitative estimate of drug-likeness (QED) is 0.567. The van der Waals surface area contributed by atoms with Gasteiger partial charge in [0, 0.05) is 11.8 Å². The normalized spacial score (nSPS) is 10.1. The number of carboxylic acids is 1. The number of hydrogen-bond acceptors (Lipinski definition) is 4. The summed E-state index contributed by atoms with van der Waals surface area (Å²) in [7, 11) is 0. The summed E-state index contributed by atoms with van der Waals surface area (Å²) in [5.41, 5.74) is 0.165. The van der Waals surface area contributed by atoms with Gasteiger partial charge in [0.1, 0.15) is 11.3 Å². The van der Waals surface area contributed by atoms with Gasteiger partial charge in [-0.15, -0.1) is 0 Å². The number of carbonyl (C=O) groups excluding carboxylic acids is 1. The van der Waals surface area contributed by atoms with Crippen LogP contribution in [0, 0.1) is 0 Å². The number of nitrogens with one attached hydrogen (secondary N) is 2. The number of aromatic hydroxyl groups is 1. The molecule has 0 unspecified atom stereocenters.